The van der Waals surface area contributed by atoms with Crippen LogP contribution < -0.4 is 4.74 Å². The summed E-state index contributed by atoms with van der Waals surface area (Å²) in [7, 11) is 0. The molecule has 1 aromatic rings. The molecule has 1 fully saturated rings. The maximum Gasteiger partial charge on any atom is 0.120 e. The van der Waals surface area contributed by atoms with E-state index in [1.54, 1.807) is 12.1 Å². The Morgan fingerprint density at radius 1 is 1.33 bits per heavy atom. The van der Waals surface area contributed by atoms with E-state index < -0.39 is 0 Å². The summed E-state index contributed by atoms with van der Waals surface area (Å²) in [5.74, 6) is 1.73. The first kappa shape index (κ1) is 15.9. The molecule has 0 spiro atoms. The predicted octanol–water partition coefficient (Wildman–Crippen LogP) is 3.84. The molecule has 0 radical (unpaired) electrons. The summed E-state index contributed by atoms with van der Waals surface area (Å²) in [5, 5.41) is 8.86. The highest BCUT2D eigenvalue weighted by molar-refractivity contribution is 5.36. The lowest BCUT2D eigenvalue weighted by Crippen LogP contribution is -2.27. The van der Waals surface area contributed by atoms with E-state index in [1.807, 2.05) is 12.1 Å². The van der Waals surface area contributed by atoms with Crippen molar-refractivity contribution in [3.05, 3.63) is 29.8 Å². The molecule has 3 heteroatoms. The Labute approximate surface area is 128 Å². The van der Waals surface area contributed by atoms with E-state index in [0.717, 1.165) is 31.2 Å². The highest BCUT2D eigenvalue weighted by Crippen LogP contribution is 2.20. The van der Waals surface area contributed by atoms with Crippen molar-refractivity contribution in [2.24, 2.45) is 5.92 Å². The quantitative estimate of drug-likeness (QED) is 0.745. The third-order valence-corrected chi connectivity index (χ3v) is 4.37. The monoisotopic (exact) mass is 286 g/mol. The van der Waals surface area contributed by atoms with Crippen LogP contribution in [0.4, 0.5) is 0 Å². The van der Waals surface area contributed by atoms with Crippen molar-refractivity contribution >= 4 is 0 Å². The van der Waals surface area contributed by atoms with Crippen LogP contribution in [0.3, 0.4) is 0 Å². The first-order valence-corrected chi connectivity index (χ1v) is 8.17. The van der Waals surface area contributed by atoms with E-state index in [1.165, 1.54) is 38.8 Å². The Morgan fingerprint density at radius 3 is 3.05 bits per heavy atom. The summed E-state index contributed by atoms with van der Waals surface area (Å²) in [6.45, 7) is 6.63. The van der Waals surface area contributed by atoms with Gasteiger partial charge in [-0.2, -0.15) is 5.26 Å². The Balaban J connectivity index is 1.66. The van der Waals surface area contributed by atoms with E-state index in [9.17, 15) is 0 Å². The van der Waals surface area contributed by atoms with Crippen LogP contribution in [-0.4, -0.2) is 31.1 Å². The molecule has 1 aliphatic heterocycles. The topological polar surface area (TPSA) is 36.3 Å². The number of likely N-dealkylation sites (tertiary alicyclic amines) is 1. The van der Waals surface area contributed by atoms with Gasteiger partial charge in [0.2, 0.25) is 0 Å². The Bertz CT molecular complexity index is 467. The molecule has 1 heterocycles. The first-order valence-electron chi connectivity index (χ1n) is 8.17. The molecule has 3 nitrogen and oxygen atoms in total. The van der Waals surface area contributed by atoms with E-state index >= 15 is 0 Å². The average Bonchev–Trinajstić information content (AvgIpc) is 2.77. The summed E-state index contributed by atoms with van der Waals surface area (Å²) in [6.07, 6.45) is 6.45. The fraction of sp³-hybridized carbons (Fsp3) is 0.611. The number of nitrogens with zero attached hydrogens (tertiary/aromatic N) is 2. The highest BCUT2D eigenvalue weighted by Gasteiger charge is 2.15. The Morgan fingerprint density at radius 2 is 2.24 bits per heavy atom. The SMILES string of the molecule is CCC1CCCN(CCCOc2cccc(C#N)c2)CC1. The molecule has 21 heavy (non-hydrogen) atoms. The highest BCUT2D eigenvalue weighted by atomic mass is 16.5. The number of ether oxygens (including phenoxy) is 1. The average molecular weight is 286 g/mol. The van der Waals surface area contributed by atoms with Crippen molar-refractivity contribution in [3.8, 4) is 11.8 Å². The molecule has 1 aromatic carbocycles. The van der Waals surface area contributed by atoms with Crippen molar-refractivity contribution in [3.63, 3.8) is 0 Å². The van der Waals surface area contributed by atoms with Crippen LogP contribution in [0.25, 0.3) is 0 Å². The van der Waals surface area contributed by atoms with Crippen LogP contribution in [-0.2, 0) is 0 Å². The van der Waals surface area contributed by atoms with Gasteiger partial charge in [0.05, 0.1) is 18.2 Å². The molecule has 1 saturated heterocycles. The Kier molecular flexibility index (Phi) is 6.56. The molecule has 114 valence electrons. The summed E-state index contributed by atoms with van der Waals surface area (Å²) < 4.78 is 5.74. The normalized spacial score (nSPS) is 19.7. The summed E-state index contributed by atoms with van der Waals surface area (Å²) in [6, 6.07) is 9.52. The van der Waals surface area contributed by atoms with E-state index in [0.29, 0.717) is 5.56 Å². The van der Waals surface area contributed by atoms with E-state index in [4.69, 9.17) is 10.00 Å². The zero-order valence-corrected chi connectivity index (χ0v) is 13.1. The summed E-state index contributed by atoms with van der Waals surface area (Å²) >= 11 is 0. The number of hydrogen-bond donors (Lipinski definition) is 0. The largest absolute Gasteiger partial charge is 0.494 e. The molecule has 1 atom stereocenters. The Hall–Kier alpha value is -1.53. The van der Waals surface area contributed by atoms with E-state index in [-0.39, 0.29) is 0 Å². The van der Waals surface area contributed by atoms with Gasteiger partial charge in [-0.3, -0.25) is 0 Å². The van der Waals surface area contributed by atoms with Crippen molar-refractivity contribution in [2.75, 3.05) is 26.2 Å². The van der Waals surface area contributed by atoms with Crippen LogP contribution in [0.5, 0.6) is 5.75 Å². The predicted molar refractivity (Wildman–Crippen MR) is 85.3 cm³/mol. The third kappa shape index (κ3) is 5.40. The number of hydrogen-bond acceptors (Lipinski definition) is 3. The fourth-order valence-electron chi connectivity index (χ4n) is 2.99. The maximum absolute atomic E-state index is 8.86. The van der Waals surface area contributed by atoms with Gasteiger partial charge in [0.25, 0.3) is 0 Å². The lowest BCUT2D eigenvalue weighted by molar-refractivity contribution is 0.237. The van der Waals surface area contributed by atoms with Crippen molar-refractivity contribution < 1.29 is 4.74 Å². The molecule has 0 bridgehead atoms. The fourth-order valence-corrected chi connectivity index (χ4v) is 2.99. The van der Waals surface area contributed by atoms with Gasteiger partial charge in [-0.25, -0.2) is 0 Å². The molecule has 1 unspecified atom stereocenters. The molecule has 0 N–H and O–H groups in total. The third-order valence-electron chi connectivity index (χ3n) is 4.37. The van der Waals surface area contributed by atoms with Gasteiger partial charge in [0.15, 0.2) is 0 Å². The van der Waals surface area contributed by atoms with Crippen molar-refractivity contribution in [1.82, 2.24) is 4.90 Å². The van der Waals surface area contributed by atoms with Gasteiger partial charge in [-0.05, 0) is 62.9 Å². The second kappa shape index (κ2) is 8.69. The maximum atomic E-state index is 8.86. The second-order valence-corrected chi connectivity index (χ2v) is 5.89. The zero-order valence-electron chi connectivity index (χ0n) is 13.1. The van der Waals surface area contributed by atoms with Crippen LogP contribution in [0.1, 0.15) is 44.6 Å². The van der Waals surface area contributed by atoms with Crippen molar-refractivity contribution in [2.45, 2.75) is 39.0 Å². The molecule has 0 aliphatic carbocycles. The van der Waals surface area contributed by atoms with Gasteiger partial charge in [-0.1, -0.05) is 19.4 Å². The minimum Gasteiger partial charge on any atom is -0.494 e. The van der Waals surface area contributed by atoms with Gasteiger partial charge < -0.3 is 9.64 Å². The van der Waals surface area contributed by atoms with Crippen LogP contribution in [0.2, 0.25) is 0 Å². The zero-order chi connectivity index (χ0) is 14.9. The molecular formula is C18H26N2O. The minimum atomic E-state index is 0.658. The molecule has 0 saturated carbocycles. The first-order chi connectivity index (χ1) is 10.3. The smallest absolute Gasteiger partial charge is 0.120 e. The number of nitriles is 1. The molecule has 0 aromatic heterocycles. The van der Waals surface area contributed by atoms with Crippen LogP contribution in [0.15, 0.2) is 24.3 Å². The van der Waals surface area contributed by atoms with Crippen LogP contribution in [0, 0.1) is 17.2 Å². The molecule has 1 aliphatic rings. The summed E-state index contributed by atoms with van der Waals surface area (Å²) in [5.41, 5.74) is 0.658. The number of benzene rings is 1. The standard InChI is InChI=1S/C18H26N2O/c1-2-16-7-4-10-20(12-9-16)11-5-13-21-18-8-3-6-17(14-18)15-19/h3,6,8,14,16H,2,4-5,7,9-13H2,1H3. The molecule has 0 amide bonds. The lowest BCUT2D eigenvalue weighted by atomic mass is 9.98. The van der Waals surface area contributed by atoms with Crippen LogP contribution >= 0.6 is 0 Å². The minimum absolute atomic E-state index is 0.658. The second-order valence-electron chi connectivity index (χ2n) is 5.89. The van der Waals surface area contributed by atoms with Crippen molar-refractivity contribution in [1.29, 1.82) is 5.26 Å². The lowest BCUT2D eigenvalue weighted by Gasteiger charge is -2.20. The molecule has 2 rings (SSSR count). The summed E-state index contributed by atoms with van der Waals surface area (Å²) in [4.78, 5) is 2.57. The molecular weight excluding hydrogens is 260 g/mol. The number of rotatable bonds is 6. The van der Waals surface area contributed by atoms with E-state index in [2.05, 4.69) is 17.9 Å². The van der Waals surface area contributed by atoms with Gasteiger partial charge >= 0.3 is 0 Å². The van der Waals surface area contributed by atoms with Gasteiger partial charge in [0, 0.05) is 6.54 Å². The van der Waals surface area contributed by atoms with Gasteiger partial charge in [0.1, 0.15) is 5.75 Å². The van der Waals surface area contributed by atoms with Gasteiger partial charge in [-0.15, -0.1) is 0 Å².